The van der Waals surface area contributed by atoms with Gasteiger partial charge in [0.25, 0.3) is 0 Å². The van der Waals surface area contributed by atoms with Gasteiger partial charge in [0.15, 0.2) is 0 Å². The zero-order valence-corrected chi connectivity index (χ0v) is 11.7. The fourth-order valence-corrected chi connectivity index (χ4v) is 2.41. The van der Waals surface area contributed by atoms with Gasteiger partial charge in [-0.05, 0) is 30.7 Å². The molecule has 3 N–H and O–H groups in total. The van der Waals surface area contributed by atoms with Crippen LogP contribution in [-0.4, -0.2) is 19.3 Å². The zero-order valence-electron chi connectivity index (χ0n) is 11.7. The number of rotatable bonds is 8. The lowest BCUT2D eigenvalue weighted by Crippen LogP contribution is -2.47. The van der Waals surface area contributed by atoms with E-state index in [-0.39, 0.29) is 12.1 Å². The molecule has 0 aliphatic rings. The molecule has 1 aromatic rings. The maximum Gasteiger partial charge on any atom is 0.0760 e. The highest BCUT2D eigenvalue weighted by Gasteiger charge is 2.22. The fraction of sp³-hybridized carbons (Fsp3) is 0.600. The minimum absolute atomic E-state index is 0.172. The van der Waals surface area contributed by atoms with Crippen molar-refractivity contribution in [2.45, 2.75) is 45.3 Å². The molecule has 0 amide bonds. The van der Waals surface area contributed by atoms with E-state index >= 15 is 0 Å². The number of aryl methyl sites for hydroxylation is 1. The van der Waals surface area contributed by atoms with Gasteiger partial charge in [0.1, 0.15) is 0 Å². The number of methoxy groups -OCH3 is 1. The van der Waals surface area contributed by atoms with Gasteiger partial charge in [-0.2, -0.15) is 0 Å². The number of benzene rings is 1. The average molecular weight is 250 g/mol. The van der Waals surface area contributed by atoms with E-state index in [9.17, 15) is 0 Å². The van der Waals surface area contributed by atoms with E-state index in [1.807, 2.05) is 6.07 Å². The third-order valence-corrected chi connectivity index (χ3v) is 3.36. The largest absolute Gasteiger partial charge is 0.380 e. The van der Waals surface area contributed by atoms with Crippen molar-refractivity contribution in [2.24, 2.45) is 11.8 Å². The molecule has 0 saturated carbocycles. The lowest BCUT2D eigenvalue weighted by atomic mass is 9.95. The topological polar surface area (TPSA) is 47.3 Å². The lowest BCUT2D eigenvalue weighted by Gasteiger charge is -2.28. The molecular weight excluding hydrogens is 224 g/mol. The molecule has 2 unspecified atom stereocenters. The van der Waals surface area contributed by atoms with Gasteiger partial charge in [0.05, 0.1) is 6.10 Å². The molecule has 3 heteroatoms. The van der Waals surface area contributed by atoms with Crippen molar-refractivity contribution in [3.63, 3.8) is 0 Å². The first-order chi connectivity index (χ1) is 8.69. The molecular formula is C15H26N2O. The average Bonchev–Trinajstić information content (AvgIpc) is 2.38. The molecule has 0 aliphatic carbocycles. The lowest BCUT2D eigenvalue weighted by molar-refractivity contribution is 0.0301. The van der Waals surface area contributed by atoms with E-state index in [0.29, 0.717) is 5.92 Å². The second-order valence-electron chi connectivity index (χ2n) is 5.10. The number of hydrazine groups is 1. The van der Waals surface area contributed by atoms with Crippen LogP contribution in [0.15, 0.2) is 30.3 Å². The van der Waals surface area contributed by atoms with Crippen molar-refractivity contribution in [3.8, 4) is 0 Å². The van der Waals surface area contributed by atoms with Crippen LogP contribution in [0.3, 0.4) is 0 Å². The molecule has 1 aromatic carbocycles. The van der Waals surface area contributed by atoms with E-state index in [1.165, 1.54) is 5.56 Å². The number of ether oxygens (including phenoxy) is 1. The standard InChI is InChI=1S/C15H26N2O/c1-12(2)15(18-3)14(17-16)11-7-10-13-8-5-4-6-9-13/h4-6,8-9,12,14-15,17H,7,10-11,16H2,1-3H3. The highest BCUT2D eigenvalue weighted by Crippen LogP contribution is 2.15. The summed E-state index contributed by atoms with van der Waals surface area (Å²) in [6, 6.07) is 10.8. The van der Waals surface area contributed by atoms with Crippen molar-refractivity contribution in [2.75, 3.05) is 7.11 Å². The molecule has 0 bridgehead atoms. The molecule has 0 heterocycles. The predicted octanol–water partition coefficient (Wildman–Crippen LogP) is 2.51. The van der Waals surface area contributed by atoms with Crippen LogP contribution in [0.25, 0.3) is 0 Å². The second-order valence-corrected chi connectivity index (χ2v) is 5.10. The predicted molar refractivity (Wildman–Crippen MR) is 76.1 cm³/mol. The fourth-order valence-electron chi connectivity index (χ4n) is 2.41. The van der Waals surface area contributed by atoms with Gasteiger partial charge >= 0.3 is 0 Å². The van der Waals surface area contributed by atoms with Gasteiger partial charge in [-0.25, -0.2) is 0 Å². The Hall–Kier alpha value is -0.900. The first-order valence-electron chi connectivity index (χ1n) is 6.72. The highest BCUT2D eigenvalue weighted by atomic mass is 16.5. The van der Waals surface area contributed by atoms with Crippen LogP contribution in [0.4, 0.5) is 0 Å². The van der Waals surface area contributed by atoms with Crippen LogP contribution in [0, 0.1) is 5.92 Å². The van der Waals surface area contributed by atoms with Gasteiger partial charge < -0.3 is 4.74 Å². The van der Waals surface area contributed by atoms with Gasteiger partial charge in [0, 0.05) is 13.2 Å². The Morgan fingerprint density at radius 2 is 1.89 bits per heavy atom. The maximum absolute atomic E-state index is 5.64. The molecule has 0 radical (unpaired) electrons. The Balaban J connectivity index is 2.40. The highest BCUT2D eigenvalue weighted by molar-refractivity contribution is 5.14. The van der Waals surface area contributed by atoms with Crippen molar-refractivity contribution in [1.82, 2.24) is 5.43 Å². The third kappa shape index (κ3) is 4.77. The van der Waals surface area contributed by atoms with Crippen molar-refractivity contribution in [1.29, 1.82) is 0 Å². The first-order valence-corrected chi connectivity index (χ1v) is 6.72. The molecule has 102 valence electrons. The van der Waals surface area contributed by atoms with Crippen molar-refractivity contribution < 1.29 is 4.74 Å². The molecule has 2 atom stereocenters. The minimum Gasteiger partial charge on any atom is -0.380 e. The SMILES string of the molecule is COC(C(C)C)C(CCCc1ccccc1)NN. The van der Waals surface area contributed by atoms with Crippen LogP contribution >= 0.6 is 0 Å². The van der Waals surface area contributed by atoms with Gasteiger partial charge in [-0.15, -0.1) is 0 Å². The third-order valence-electron chi connectivity index (χ3n) is 3.36. The first kappa shape index (κ1) is 15.2. The number of hydrogen-bond acceptors (Lipinski definition) is 3. The van der Waals surface area contributed by atoms with Crippen LogP contribution in [0.1, 0.15) is 32.3 Å². The summed E-state index contributed by atoms with van der Waals surface area (Å²) in [5, 5.41) is 0. The van der Waals surface area contributed by atoms with Crippen molar-refractivity contribution >= 4 is 0 Å². The van der Waals surface area contributed by atoms with Crippen LogP contribution in [-0.2, 0) is 11.2 Å². The molecule has 0 aliphatic heterocycles. The summed E-state index contributed by atoms with van der Waals surface area (Å²) in [4.78, 5) is 0. The van der Waals surface area contributed by atoms with Gasteiger partial charge in [-0.1, -0.05) is 44.2 Å². The molecule has 0 aromatic heterocycles. The summed E-state index contributed by atoms with van der Waals surface area (Å²) >= 11 is 0. The molecule has 3 nitrogen and oxygen atoms in total. The summed E-state index contributed by atoms with van der Waals surface area (Å²) in [7, 11) is 1.76. The van der Waals surface area contributed by atoms with Crippen LogP contribution in [0.2, 0.25) is 0 Å². The van der Waals surface area contributed by atoms with Crippen LogP contribution in [0.5, 0.6) is 0 Å². The Kier molecular flexibility index (Phi) is 6.94. The zero-order chi connectivity index (χ0) is 13.4. The Labute approximate surface area is 111 Å². The Morgan fingerprint density at radius 3 is 2.39 bits per heavy atom. The van der Waals surface area contributed by atoms with E-state index in [1.54, 1.807) is 7.11 Å². The number of hydrogen-bond donors (Lipinski definition) is 2. The second kappa shape index (κ2) is 8.25. The van der Waals surface area contributed by atoms with E-state index < -0.39 is 0 Å². The smallest absolute Gasteiger partial charge is 0.0760 e. The maximum atomic E-state index is 5.64. The summed E-state index contributed by atoms with van der Waals surface area (Å²) < 4.78 is 5.53. The molecule has 18 heavy (non-hydrogen) atoms. The summed E-state index contributed by atoms with van der Waals surface area (Å²) in [6.45, 7) is 4.32. The molecule has 0 spiro atoms. The van der Waals surface area contributed by atoms with E-state index in [2.05, 4.69) is 43.5 Å². The molecule has 1 rings (SSSR count). The summed E-state index contributed by atoms with van der Waals surface area (Å²) in [6.07, 6.45) is 3.41. The quantitative estimate of drug-likeness (QED) is 0.550. The van der Waals surface area contributed by atoms with Crippen molar-refractivity contribution in [3.05, 3.63) is 35.9 Å². The molecule has 0 saturated heterocycles. The van der Waals surface area contributed by atoms with E-state index in [4.69, 9.17) is 10.6 Å². The Morgan fingerprint density at radius 1 is 1.22 bits per heavy atom. The summed E-state index contributed by atoms with van der Waals surface area (Å²) in [5.41, 5.74) is 4.28. The van der Waals surface area contributed by atoms with Gasteiger partial charge in [0.2, 0.25) is 0 Å². The summed E-state index contributed by atoms with van der Waals surface area (Å²) in [5.74, 6) is 6.10. The van der Waals surface area contributed by atoms with Crippen LogP contribution < -0.4 is 11.3 Å². The van der Waals surface area contributed by atoms with Gasteiger partial charge in [-0.3, -0.25) is 11.3 Å². The monoisotopic (exact) mass is 250 g/mol. The Bertz CT molecular complexity index is 314. The normalized spacial score (nSPS) is 14.7. The number of nitrogens with two attached hydrogens (primary N) is 1. The van der Waals surface area contributed by atoms with E-state index in [0.717, 1.165) is 19.3 Å². The number of nitrogens with one attached hydrogen (secondary N) is 1. The minimum atomic E-state index is 0.172. The molecule has 0 fully saturated rings.